The molecule has 1 fully saturated rings. The van der Waals surface area contributed by atoms with Crippen molar-refractivity contribution >= 4 is 17.5 Å². The smallest absolute Gasteiger partial charge is 0.253 e. The van der Waals surface area contributed by atoms with E-state index < -0.39 is 0 Å². The van der Waals surface area contributed by atoms with Crippen molar-refractivity contribution in [2.24, 2.45) is 0 Å². The second kappa shape index (κ2) is 9.38. The van der Waals surface area contributed by atoms with Crippen LogP contribution in [0.5, 0.6) is 11.6 Å². The molecular formula is C24H21ClN6O2. The molecule has 0 spiro atoms. The molecule has 2 aromatic carbocycles. The zero-order chi connectivity index (χ0) is 22.6. The molecule has 1 saturated heterocycles. The molecule has 0 bridgehead atoms. The van der Waals surface area contributed by atoms with Gasteiger partial charge in [0.2, 0.25) is 5.88 Å². The van der Waals surface area contributed by atoms with E-state index >= 15 is 0 Å². The van der Waals surface area contributed by atoms with E-state index in [0.29, 0.717) is 35.3 Å². The third-order valence-corrected chi connectivity index (χ3v) is 5.95. The van der Waals surface area contributed by atoms with E-state index in [2.05, 4.69) is 20.2 Å². The van der Waals surface area contributed by atoms with Gasteiger partial charge in [-0.1, -0.05) is 17.7 Å². The maximum atomic E-state index is 13.1. The van der Waals surface area contributed by atoms with Crippen LogP contribution in [0.3, 0.4) is 0 Å². The maximum absolute atomic E-state index is 13.1. The lowest BCUT2D eigenvalue weighted by Crippen LogP contribution is -2.38. The summed E-state index contributed by atoms with van der Waals surface area (Å²) in [5.41, 5.74) is 2.31. The second-order valence-corrected chi connectivity index (χ2v) is 8.23. The van der Waals surface area contributed by atoms with E-state index in [9.17, 15) is 4.79 Å². The predicted molar refractivity (Wildman–Crippen MR) is 123 cm³/mol. The molecule has 0 N–H and O–H groups in total. The number of nitrogens with zero attached hydrogens (tertiary/aromatic N) is 6. The van der Waals surface area contributed by atoms with Crippen molar-refractivity contribution in [3.63, 3.8) is 0 Å². The van der Waals surface area contributed by atoms with Gasteiger partial charge in [0, 0.05) is 47.7 Å². The van der Waals surface area contributed by atoms with Crippen LogP contribution in [0.1, 0.15) is 34.8 Å². The average molecular weight is 461 g/mol. The molecule has 3 heterocycles. The number of hydrogen-bond acceptors (Lipinski definition) is 6. The van der Waals surface area contributed by atoms with Crippen LogP contribution in [0, 0.1) is 0 Å². The molecule has 8 nitrogen and oxygen atoms in total. The summed E-state index contributed by atoms with van der Waals surface area (Å²) in [6.45, 7) is 1.27. The van der Waals surface area contributed by atoms with Gasteiger partial charge in [-0.3, -0.25) is 14.3 Å². The average Bonchev–Trinajstić information content (AvgIpc) is 3.41. The van der Waals surface area contributed by atoms with E-state index in [4.69, 9.17) is 16.3 Å². The summed E-state index contributed by atoms with van der Waals surface area (Å²) < 4.78 is 7.76. The minimum Gasteiger partial charge on any atom is -0.437 e. The Kier molecular flexibility index (Phi) is 5.99. The van der Waals surface area contributed by atoms with Gasteiger partial charge < -0.3 is 9.64 Å². The highest BCUT2D eigenvalue weighted by molar-refractivity contribution is 6.30. The Morgan fingerprint density at radius 1 is 0.970 bits per heavy atom. The topological polar surface area (TPSA) is 86.0 Å². The minimum atomic E-state index is 0.0140. The first-order chi connectivity index (χ1) is 16.2. The standard InChI is InChI=1S/C24H21ClN6O2/c25-19-4-6-21(7-5-19)33-23-22(26-10-11-27-23)17-8-12-30(13-9-17)24(32)18-2-1-3-20(14-18)31-15-28-29-16-31/h1-7,10-11,14-17H,8-9,12-13H2. The molecule has 33 heavy (non-hydrogen) atoms. The number of halogens is 1. The molecule has 1 aliphatic rings. The third-order valence-electron chi connectivity index (χ3n) is 5.70. The minimum absolute atomic E-state index is 0.0140. The normalized spacial score (nSPS) is 14.3. The lowest BCUT2D eigenvalue weighted by molar-refractivity contribution is 0.0711. The third kappa shape index (κ3) is 4.70. The Balaban J connectivity index is 1.27. The summed E-state index contributed by atoms with van der Waals surface area (Å²) >= 11 is 5.96. The van der Waals surface area contributed by atoms with Gasteiger partial charge in [-0.15, -0.1) is 10.2 Å². The van der Waals surface area contributed by atoms with Gasteiger partial charge in [-0.2, -0.15) is 0 Å². The zero-order valence-corrected chi connectivity index (χ0v) is 18.5. The number of hydrogen-bond donors (Lipinski definition) is 0. The van der Waals surface area contributed by atoms with Crippen LogP contribution in [-0.2, 0) is 0 Å². The SMILES string of the molecule is O=C(c1cccc(-n2cnnc2)c1)N1CCC(c2nccnc2Oc2ccc(Cl)cc2)CC1. The van der Waals surface area contributed by atoms with Crippen LogP contribution < -0.4 is 4.74 Å². The second-order valence-electron chi connectivity index (χ2n) is 7.79. The first kappa shape index (κ1) is 21.1. The van der Waals surface area contributed by atoms with Gasteiger partial charge in [0.1, 0.15) is 24.1 Å². The van der Waals surface area contributed by atoms with Crippen LogP contribution >= 0.6 is 11.6 Å². The van der Waals surface area contributed by atoms with Gasteiger partial charge in [-0.05, 0) is 55.3 Å². The van der Waals surface area contributed by atoms with E-state index in [1.807, 2.05) is 29.2 Å². The van der Waals surface area contributed by atoms with Crippen LogP contribution in [0.4, 0.5) is 0 Å². The quantitative estimate of drug-likeness (QED) is 0.435. The van der Waals surface area contributed by atoms with Gasteiger partial charge in [0.05, 0.1) is 0 Å². The molecule has 1 amide bonds. The van der Waals surface area contributed by atoms with Crippen molar-refractivity contribution in [2.45, 2.75) is 18.8 Å². The van der Waals surface area contributed by atoms with Gasteiger partial charge in [0.15, 0.2) is 0 Å². The van der Waals surface area contributed by atoms with Crippen molar-refractivity contribution in [1.29, 1.82) is 0 Å². The number of likely N-dealkylation sites (tertiary alicyclic amines) is 1. The molecule has 0 radical (unpaired) electrons. The monoisotopic (exact) mass is 460 g/mol. The highest BCUT2D eigenvalue weighted by atomic mass is 35.5. The number of rotatable bonds is 5. The number of ether oxygens (including phenoxy) is 1. The van der Waals surface area contributed by atoms with Gasteiger partial charge in [-0.25, -0.2) is 4.98 Å². The zero-order valence-electron chi connectivity index (χ0n) is 17.7. The van der Waals surface area contributed by atoms with Crippen molar-refractivity contribution in [3.05, 3.63) is 89.9 Å². The molecule has 0 saturated carbocycles. The fraction of sp³-hybridized carbons (Fsp3) is 0.208. The fourth-order valence-corrected chi connectivity index (χ4v) is 4.11. The summed E-state index contributed by atoms with van der Waals surface area (Å²) in [6.07, 6.45) is 8.09. The molecule has 2 aromatic heterocycles. The molecule has 0 unspecified atom stereocenters. The summed E-state index contributed by atoms with van der Waals surface area (Å²) in [4.78, 5) is 24.0. The van der Waals surface area contributed by atoms with E-state index in [1.165, 1.54) is 0 Å². The Bertz CT molecular complexity index is 1240. The number of carbonyl (C=O) groups is 1. The maximum Gasteiger partial charge on any atom is 0.253 e. The molecule has 1 aliphatic heterocycles. The van der Waals surface area contributed by atoms with Crippen molar-refractivity contribution in [1.82, 2.24) is 29.6 Å². The number of piperidine rings is 1. The number of carbonyl (C=O) groups excluding carboxylic acids is 1. The first-order valence-electron chi connectivity index (χ1n) is 10.7. The Morgan fingerprint density at radius 2 is 1.70 bits per heavy atom. The molecule has 166 valence electrons. The predicted octanol–water partition coefficient (Wildman–Crippen LogP) is 4.52. The fourth-order valence-electron chi connectivity index (χ4n) is 3.98. The molecular weight excluding hydrogens is 440 g/mol. The van der Waals surface area contributed by atoms with Crippen LogP contribution in [-0.4, -0.2) is 48.6 Å². The molecule has 5 rings (SSSR count). The van der Waals surface area contributed by atoms with E-state index in [-0.39, 0.29) is 11.8 Å². The summed E-state index contributed by atoms with van der Waals surface area (Å²) in [5, 5.41) is 8.30. The van der Waals surface area contributed by atoms with Crippen LogP contribution in [0.15, 0.2) is 73.6 Å². The Labute approximate surface area is 195 Å². The van der Waals surface area contributed by atoms with Crippen LogP contribution in [0.25, 0.3) is 5.69 Å². The lowest BCUT2D eigenvalue weighted by Gasteiger charge is -2.32. The largest absolute Gasteiger partial charge is 0.437 e. The summed E-state index contributed by atoms with van der Waals surface area (Å²) in [7, 11) is 0. The van der Waals surface area contributed by atoms with E-state index in [1.54, 1.807) is 53.9 Å². The van der Waals surface area contributed by atoms with Crippen LogP contribution in [0.2, 0.25) is 5.02 Å². The van der Waals surface area contributed by atoms with Gasteiger partial charge >= 0.3 is 0 Å². The summed E-state index contributed by atoms with van der Waals surface area (Å²) in [6, 6.07) is 14.6. The Hall–Kier alpha value is -3.78. The van der Waals surface area contributed by atoms with Crippen molar-refractivity contribution in [2.75, 3.05) is 13.1 Å². The lowest BCUT2D eigenvalue weighted by atomic mass is 9.93. The number of amides is 1. The van der Waals surface area contributed by atoms with Crippen molar-refractivity contribution < 1.29 is 9.53 Å². The Morgan fingerprint density at radius 3 is 2.45 bits per heavy atom. The number of benzene rings is 2. The highest BCUT2D eigenvalue weighted by Gasteiger charge is 2.28. The molecule has 9 heteroatoms. The number of aromatic nitrogens is 5. The first-order valence-corrected chi connectivity index (χ1v) is 11.0. The molecule has 0 aliphatic carbocycles. The molecule has 4 aromatic rings. The highest BCUT2D eigenvalue weighted by Crippen LogP contribution is 2.34. The molecule has 0 atom stereocenters. The van der Waals surface area contributed by atoms with Gasteiger partial charge in [0.25, 0.3) is 5.91 Å². The van der Waals surface area contributed by atoms with E-state index in [0.717, 1.165) is 24.2 Å². The van der Waals surface area contributed by atoms with Crippen molar-refractivity contribution in [3.8, 4) is 17.3 Å². The summed E-state index contributed by atoms with van der Waals surface area (Å²) in [5.74, 6) is 1.32.